The highest BCUT2D eigenvalue weighted by Crippen LogP contribution is 2.33. The summed E-state index contributed by atoms with van der Waals surface area (Å²) in [4.78, 5) is 33.2. The van der Waals surface area contributed by atoms with Gasteiger partial charge in [0.25, 0.3) is 5.91 Å². The summed E-state index contributed by atoms with van der Waals surface area (Å²) in [5, 5.41) is 3.07. The van der Waals surface area contributed by atoms with E-state index in [1.165, 1.54) is 16.0 Å². The summed E-state index contributed by atoms with van der Waals surface area (Å²) >= 11 is 1.60. The number of aromatic nitrogens is 1. The van der Waals surface area contributed by atoms with E-state index >= 15 is 0 Å². The number of rotatable bonds is 5. The van der Waals surface area contributed by atoms with Crippen LogP contribution in [0.1, 0.15) is 32.1 Å². The zero-order chi connectivity index (χ0) is 19.3. The van der Waals surface area contributed by atoms with Gasteiger partial charge in [-0.3, -0.25) is 14.6 Å². The third-order valence-electron chi connectivity index (χ3n) is 5.42. The van der Waals surface area contributed by atoms with Crippen molar-refractivity contribution in [3.8, 4) is 0 Å². The summed E-state index contributed by atoms with van der Waals surface area (Å²) in [6.45, 7) is 3.17. The van der Waals surface area contributed by atoms with Crippen molar-refractivity contribution in [2.24, 2.45) is 5.92 Å². The van der Waals surface area contributed by atoms with Crippen LogP contribution in [0.5, 0.6) is 0 Å². The van der Waals surface area contributed by atoms with Gasteiger partial charge in [-0.15, -0.1) is 11.3 Å². The van der Waals surface area contributed by atoms with E-state index in [0.717, 1.165) is 30.6 Å². The Morgan fingerprint density at radius 1 is 1.25 bits per heavy atom. The third-order valence-corrected chi connectivity index (χ3v) is 6.65. The van der Waals surface area contributed by atoms with Crippen molar-refractivity contribution in [3.63, 3.8) is 0 Å². The summed E-state index contributed by atoms with van der Waals surface area (Å²) in [7, 11) is 0. The first kappa shape index (κ1) is 19.1. The largest absolute Gasteiger partial charge is 0.378 e. The van der Waals surface area contributed by atoms with E-state index in [1.54, 1.807) is 23.7 Å². The predicted octanol–water partition coefficient (Wildman–Crippen LogP) is 2.08. The predicted molar refractivity (Wildman–Crippen MR) is 108 cm³/mol. The van der Waals surface area contributed by atoms with Crippen LogP contribution in [0, 0.1) is 5.92 Å². The molecule has 0 spiro atoms. The Bertz CT molecular complexity index is 831. The van der Waals surface area contributed by atoms with Gasteiger partial charge < -0.3 is 15.0 Å². The molecular formula is C21H25N3O3S. The first-order chi connectivity index (χ1) is 13.7. The molecule has 7 heteroatoms. The zero-order valence-electron chi connectivity index (χ0n) is 15.9. The number of carbonyl (C=O) groups excluding carboxylic acids is 2. The monoisotopic (exact) mass is 399 g/mol. The Balaban J connectivity index is 1.32. The maximum Gasteiger partial charge on any atom is 0.264 e. The van der Waals surface area contributed by atoms with Crippen LogP contribution in [-0.2, 0) is 28.8 Å². The number of fused-ring (bicyclic) bond motifs is 1. The van der Waals surface area contributed by atoms with E-state index in [-0.39, 0.29) is 17.7 Å². The van der Waals surface area contributed by atoms with E-state index in [9.17, 15) is 9.59 Å². The molecule has 148 valence electrons. The number of thiophene rings is 1. The molecule has 1 saturated heterocycles. The molecular weight excluding hydrogens is 374 g/mol. The Labute approximate surface area is 168 Å². The van der Waals surface area contributed by atoms with Crippen LogP contribution in [0.4, 0.5) is 0 Å². The molecule has 2 aromatic heterocycles. The fourth-order valence-corrected chi connectivity index (χ4v) is 4.98. The quantitative estimate of drug-likeness (QED) is 0.836. The minimum absolute atomic E-state index is 0.00845. The second-order valence-corrected chi connectivity index (χ2v) is 8.44. The standard InChI is InChI=1S/C21H25N3O3S/c25-20(23-8-5-15-3-6-22-7-4-15)16-1-2-18-17(13-16)14-19(28-18)21(26)24-9-11-27-12-10-24/h3-4,6-7,14,16H,1-2,5,8-13H2,(H,23,25)/t16-/m0/s1. The molecule has 2 aromatic rings. The Morgan fingerprint density at radius 2 is 2.04 bits per heavy atom. The van der Waals surface area contributed by atoms with Crippen molar-refractivity contribution in [2.45, 2.75) is 25.7 Å². The van der Waals surface area contributed by atoms with Crippen molar-refractivity contribution in [1.82, 2.24) is 15.2 Å². The number of ether oxygens (including phenoxy) is 1. The molecule has 6 nitrogen and oxygen atoms in total. The second-order valence-electron chi connectivity index (χ2n) is 7.30. The van der Waals surface area contributed by atoms with Crippen molar-refractivity contribution in [3.05, 3.63) is 51.5 Å². The van der Waals surface area contributed by atoms with Crippen LogP contribution < -0.4 is 5.32 Å². The fourth-order valence-electron chi connectivity index (χ4n) is 3.80. The number of nitrogens with one attached hydrogen (secondary N) is 1. The number of amides is 2. The number of hydrogen-bond acceptors (Lipinski definition) is 5. The fraction of sp³-hybridized carbons (Fsp3) is 0.476. The van der Waals surface area contributed by atoms with Crippen molar-refractivity contribution >= 4 is 23.2 Å². The molecule has 4 rings (SSSR count). The molecule has 0 unspecified atom stereocenters. The lowest BCUT2D eigenvalue weighted by Gasteiger charge is -2.26. The molecule has 0 bridgehead atoms. The van der Waals surface area contributed by atoms with E-state index in [0.29, 0.717) is 32.8 Å². The Morgan fingerprint density at radius 3 is 2.82 bits per heavy atom. The maximum absolute atomic E-state index is 12.7. The van der Waals surface area contributed by atoms with Gasteiger partial charge in [-0.1, -0.05) is 0 Å². The van der Waals surface area contributed by atoms with Gasteiger partial charge in [-0.2, -0.15) is 0 Å². The normalized spacial score (nSPS) is 19.1. The molecule has 1 fully saturated rings. The minimum Gasteiger partial charge on any atom is -0.378 e. The van der Waals surface area contributed by atoms with Crippen LogP contribution in [0.2, 0.25) is 0 Å². The first-order valence-electron chi connectivity index (χ1n) is 9.86. The van der Waals surface area contributed by atoms with Gasteiger partial charge in [0.15, 0.2) is 0 Å². The summed E-state index contributed by atoms with van der Waals surface area (Å²) < 4.78 is 5.33. The van der Waals surface area contributed by atoms with Gasteiger partial charge in [-0.25, -0.2) is 0 Å². The average molecular weight is 400 g/mol. The summed E-state index contributed by atoms with van der Waals surface area (Å²) in [6, 6.07) is 5.95. The highest BCUT2D eigenvalue weighted by atomic mass is 32.1. The lowest BCUT2D eigenvalue weighted by atomic mass is 9.87. The molecule has 1 N–H and O–H groups in total. The Hall–Kier alpha value is -2.25. The molecule has 2 amide bonds. The zero-order valence-corrected chi connectivity index (χ0v) is 16.7. The van der Waals surface area contributed by atoms with E-state index in [2.05, 4.69) is 10.3 Å². The smallest absolute Gasteiger partial charge is 0.264 e. The second kappa shape index (κ2) is 8.84. The topological polar surface area (TPSA) is 71.5 Å². The number of nitrogens with zero attached hydrogens (tertiary/aromatic N) is 2. The summed E-state index contributed by atoms with van der Waals surface area (Å²) in [5.74, 6) is 0.207. The summed E-state index contributed by atoms with van der Waals surface area (Å²) in [6.07, 6.45) is 6.79. The maximum atomic E-state index is 12.7. The lowest BCUT2D eigenvalue weighted by Crippen LogP contribution is -2.40. The number of morpholine rings is 1. The van der Waals surface area contributed by atoms with E-state index < -0.39 is 0 Å². The van der Waals surface area contributed by atoms with Crippen LogP contribution >= 0.6 is 11.3 Å². The van der Waals surface area contributed by atoms with Crippen LogP contribution in [-0.4, -0.2) is 54.5 Å². The van der Waals surface area contributed by atoms with Gasteiger partial charge in [0, 0.05) is 42.8 Å². The minimum atomic E-state index is -0.00845. The van der Waals surface area contributed by atoms with Gasteiger partial charge in [0.2, 0.25) is 5.91 Å². The van der Waals surface area contributed by atoms with E-state index in [1.807, 2.05) is 23.1 Å². The third kappa shape index (κ3) is 4.42. The van der Waals surface area contributed by atoms with Crippen LogP contribution in [0.25, 0.3) is 0 Å². The van der Waals surface area contributed by atoms with Crippen LogP contribution in [0.15, 0.2) is 30.6 Å². The highest BCUT2D eigenvalue weighted by Gasteiger charge is 2.28. The van der Waals surface area contributed by atoms with Gasteiger partial charge in [0.1, 0.15) is 0 Å². The lowest BCUT2D eigenvalue weighted by molar-refractivity contribution is -0.125. The van der Waals surface area contributed by atoms with Crippen LogP contribution in [0.3, 0.4) is 0 Å². The van der Waals surface area contributed by atoms with Gasteiger partial charge >= 0.3 is 0 Å². The summed E-state index contributed by atoms with van der Waals surface area (Å²) in [5.41, 5.74) is 2.34. The number of pyridine rings is 1. The molecule has 0 aromatic carbocycles. The molecule has 2 aliphatic rings. The van der Waals surface area contributed by atoms with Gasteiger partial charge in [0.05, 0.1) is 18.1 Å². The number of aryl methyl sites for hydroxylation is 1. The number of hydrogen-bond donors (Lipinski definition) is 1. The Kier molecular flexibility index (Phi) is 6.02. The van der Waals surface area contributed by atoms with Crippen molar-refractivity contribution in [1.29, 1.82) is 0 Å². The average Bonchev–Trinajstić information content (AvgIpc) is 3.18. The molecule has 1 aliphatic carbocycles. The molecule has 1 atom stereocenters. The molecule has 28 heavy (non-hydrogen) atoms. The first-order valence-corrected chi connectivity index (χ1v) is 10.7. The molecule has 0 radical (unpaired) electrons. The number of carbonyl (C=O) groups is 2. The SMILES string of the molecule is O=C(NCCc1ccncc1)[C@H]1CCc2sc(C(=O)N3CCOCC3)cc2C1. The van der Waals surface area contributed by atoms with Gasteiger partial charge in [-0.05, 0) is 55.0 Å². The molecule has 3 heterocycles. The molecule has 0 saturated carbocycles. The van der Waals surface area contributed by atoms with E-state index in [4.69, 9.17) is 4.74 Å². The highest BCUT2D eigenvalue weighted by molar-refractivity contribution is 7.14. The molecule has 1 aliphatic heterocycles. The van der Waals surface area contributed by atoms with Crippen molar-refractivity contribution < 1.29 is 14.3 Å². The van der Waals surface area contributed by atoms with Crippen molar-refractivity contribution in [2.75, 3.05) is 32.8 Å².